The van der Waals surface area contributed by atoms with E-state index in [1.807, 2.05) is 73.1 Å². The number of nitrogens with zero attached hydrogens (tertiary/aromatic N) is 4. The molecule has 29 heavy (non-hydrogen) atoms. The second-order valence-electron chi connectivity index (χ2n) is 7.05. The van der Waals surface area contributed by atoms with Crippen molar-refractivity contribution < 1.29 is 4.79 Å². The maximum atomic E-state index is 13.2. The number of imidazole rings is 1. The van der Waals surface area contributed by atoms with Gasteiger partial charge in [0.25, 0.3) is 5.91 Å². The molecule has 0 saturated carbocycles. The summed E-state index contributed by atoms with van der Waals surface area (Å²) in [4.78, 5) is 24.2. The first-order chi connectivity index (χ1) is 14.0. The lowest BCUT2D eigenvalue weighted by Crippen LogP contribution is -2.25. The monoisotopic (exact) mass is 401 g/mol. The van der Waals surface area contributed by atoms with Crippen LogP contribution in [-0.4, -0.2) is 32.7 Å². The second-order valence-corrected chi connectivity index (χ2v) is 8.08. The summed E-state index contributed by atoms with van der Waals surface area (Å²) in [5, 5.41) is 5.66. The first-order valence-corrected chi connectivity index (χ1v) is 10.1. The van der Waals surface area contributed by atoms with Gasteiger partial charge in [-0.3, -0.25) is 4.79 Å². The summed E-state index contributed by atoms with van der Waals surface area (Å²) < 4.78 is 1.91. The zero-order valence-electron chi connectivity index (χ0n) is 16.3. The summed E-state index contributed by atoms with van der Waals surface area (Å²) >= 11 is 1.47. The number of anilines is 1. The van der Waals surface area contributed by atoms with E-state index in [-0.39, 0.29) is 5.91 Å². The van der Waals surface area contributed by atoms with E-state index in [4.69, 9.17) is 0 Å². The SMILES string of the molecule is Cc1nc2ccc(N(C)C(=O)c3cc4c(C)nn(-c5ccccc5)c4s3)cc2[nH]1. The minimum absolute atomic E-state index is 0.0409. The Balaban J connectivity index is 1.53. The van der Waals surface area contributed by atoms with Gasteiger partial charge in [-0.25, -0.2) is 9.67 Å². The summed E-state index contributed by atoms with van der Waals surface area (Å²) in [6.45, 7) is 3.89. The molecule has 0 fully saturated rings. The molecule has 0 aliphatic rings. The second kappa shape index (κ2) is 6.56. The highest BCUT2D eigenvalue weighted by molar-refractivity contribution is 7.20. The van der Waals surface area contributed by atoms with Gasteiger partial charge in [-0.15, -0.1) is 11.3 Å². The predicted molar refractivity (Wildman–Crippen MR) is 117 cm³/mol. The Morgan fingerprint density at radius 2 is 1.90 bits per heavy atom. The molecule has 6 nitrogen and oxygen atoms in total. The van der Waals surface area contributed by atoms with Gasteiger partial charge in [0.15, 0.2) is 0 Å². The molecular weight excluding hydrogens is 382 g/mol. The highest BCUT2D eigenvalue weighted by atomic mass is 32.1. The van der Waals surface area contributed by atoms with Gasteiger partial charge < -0.3 is 9.88 Å². The number of para-hydroxylation sites is 1. The molecule has 1 N–H and O–H groups in total. The molecule has 0 unspecified atom stereocenters. The van der Waals surface area contributed by atoms with Crippen LogP contribution in [-0.2, 0) is 0 Å². The molecule has 7 heteroatoms. The van der Waals surface area contributed by atoms with Gasteiger partial charge in [-0.2, -0.15) is 5.10 Å². The van der Waals surface area contributed by atoms with E-state index in [0.29, 0.717) is 4.88 Å². The first-order valence-electron chi connectivity index (χ1n) is 9.30. The van der Waals surface area contributed by atoms with Crippen LogP contribution in [0.3, 0.4) is 0 Å². The number of hydrogen-bond donors (Lipinski definition) is 1. The molecular formula is C22H19N5OS. The van der Waals surface area contributed by atoms with E-state index >= 15 is 0 Å². The van der Waals surface area contributed by atoms with E-state index in [9.17, 15) is 4.79 Å². The standard InChI is InChI=1S/C22H19N5OS/c1-13-17-12-20(29-22(17)27(25-13)15-7-5-4-6-8-15)21(28)26(3)16-9-10-18-19(11-16)24-14(2)23-18/h4-12H,1-3H3,(H,23,24). The maximum absolute atomic E-state index is 13.2. The van der Waals surface area contributed by atoms with Crippen LogP contribution in [0, 0.1) is 13.8 Å². The number of amides is 1. The fraction of sp³-hybridized carbons (Fsp3) is 0.136. The van der Waals surface area contributed by atoms with Crippen molar-refractivity contribution in [2.24, 2.45) is 0 Å². The Labute approximate surface area is 171 Å². The predicted octanol–water partition coefficient (Wildman–Crippen LogP) is 4.86. The Morgan fingerprint density at radius 3 is 2.69 bits per heavy atom. The van der Waals surface area contributed by atoms with Crippen LogP contribution in [0.15, 0.2) is 54.6 Å². The molecule has 0 atom stereocenters. The van der Waals surface area contributed by atoms with Crippen LogP contribution in [0.1, 0.15) is 21.2 Å². The quantitative estimate of drug-likeness (QED) is 0.470. The van der Waals surface area contributed by atoms with Crippen LogP contribution >= 0.6 is 11.3 Å². The summed E-state index contributed by atoms with van der Waals surface area (Å²) in [6, 6.07) is 17.7. The first kappa shape index (κ1) is 17.6. The van der Waals surface area contributed by atoms with Crippen LogP contribution in [0.25, 0.3) is 26.9 Å². The van der Waals surface area contributed by atoms with Crippen molar-refractivity contribution in [3.63, 3.8) is 0 Å². The van der Waals surface area contributed by atoms with Crippen molar-refractivity contribution in [3.8, 4) is 5.69 Å². The maximum Gasteiger partial charge on any atom is 0.268 e. The number of carbonyl (C=O) groups excluding carboxylic acids is 1. The topological polar surface area (TPSA) is 66.8 Å². The molecule has 3 heterocycles. The largest absolute Gasteiger partial charge is 0.342 e. The number of aromatic nitrogens is 4. The van der Waals surface area contributed by atoms with Crippen molar-refractivity contribution >= 4 is 44.2 Å². The van der Waals surface area contributed by atoms with E-state index in [0.717, 1.165) is 44.1 Å². The normalized spacial score (nSPS) is 11.4. The molecule has 0 aliphatic carbocycles. The summed E-state index contributed by atoms with van der Waals surface area (Å²) in [5.41, 5.74) is 4.54. The van der Waals surface area contributed by atoms with Gasteiger partial charge in [-0.05, 0) is 50.2 Å². The number of aryl methyl sites for hydroxylation is 2. The Morgan fingerprint density at radius 1 is 1.10 bits per heavy atom. The average molecular weight is 401 g/mol. The number of thiophene rings is 1. The molecule has 0 saturated heterocycles. The smallest absolute Gasteiger partial charge is 0.268 e. The minimum Gasteiger partial charge on any atom is -0.342 e. The third kappa shape index (κ3) is 2.91. The van der Waals surface area contributed by atoms with Crippen molar-refractivity contribution in [2.75, 3.05) is 11.9 Å². The molecule has 0 radical (unpaired) electrons. The molecule has 1 amide bonds. The number of rotatable bonds is 3. The van der Waals surface area contributed by atoms with Gasteiger partial charge in [0.2, 0.25) is 0 Å². The van der Waals surface area contributed by atoms with E-state index < -0.39 is 0 Å². The molecule has 0 spiro atoms. The summed E-state index contributed by atoms with van der Waals surface area (Å²) in [7, 11) is 1.80. The minimum atomic E-state index is -0.0409. The van der Waals surface area contributed by atoms with E-state index in [2.05, 4.69) is 15.1 Å². The van der Waals surface area contributed by atoms with E-state index in [1.165, 1.54) is 11.3 Å². The molecule has 5 rings (SSSR count). The van der Waals surface area contributed by atoms with Crippen LogP contribution < -0.4 is 4.90 Å². The van der Waals surface area contributed by atoms with Gasteiger partial charge >= 0.3 is 0 Å². The number of nitrogens with one attached hydrogen (secondary N) is 1. The molecule has 0 aliphatic heterocycles. The number of benzene rings is 2. The van der Waals surface area contributed by atoms with Gasteiger partial charge in [0, 0.05) is 18.1 Å². The Kier molecular flexibility index (Phi) is 3.99. The van der Waals surface area contributed by atoms with Crippen LogP contribution in [0.4, 0.5) is 5.69 Å². The van der Waals surface area contributed by atoms with Crippen molar-refractivity contribution in [1.29, 1.82) is 0 Å². The number of H-pyrrole nitrogens is 1. The molecule has 2 aromatic carbocycles. The third-order valence-electron chi connectivity index (χ3n) is 5.03. The lowest BCUT2D eigenvalue weighted by Gasteiger charge is -2.16. The zero-order chi connectivity index (χ0) is 20.1. The number of hydrogen-bond acceptors (Lipinski definition) is 4. The highest BCUT2D eigenvalue weighted by Gasteiger charge is 2.20. The van der Waals surface area contributed by atoms with Gasteiger partial charge in [-0.1, -0.05) is 18.2 Å². The Hall–Kier alpha value is -3.45. The van der Waals surface area contributed by atoms with Crippen LogP contribution in [0.2, 0.25) is 0 Å². The number of fused-ring (bicyclic) bond motifs is 2. The van der Waals surface area contributed by atoms with Crippen molar-refractivity contribution in [1.82, 2.24) is 19.7 Å². The zero-order valence-corrected chi connectivity index (χ0v) is 17.1. The number of carbonyl (C=O) groups is 1. The fourth-order valence-electron chi connectivity index (χ4n) is 3.51. The lowest BCUT2D eigenvalue weighted by atomic mass is 10.2. The molecule has 3 aromatic heterocycles. The summed E-state index contributed by atoms with van der Waals surface area (Å²) in [5.74, 6) is 0.817. The van der Waals surface area contributed by atoms with Crippen LogP contribution in [0.5, 0.6) is 0 Å². The van der Waals surface area contributed by atoms with Gasteiger partial charge in [0.05, 0.1) is 27.3 Å². The molecule has 5 aromatic rings. The molecule has 0 bridgehead atoms. The number of aromatic amines is 1. The third-order valence-corrected chi connectivity index (χ3v) is 6.13. The fourth-order valence-corrected chi connectivity index (χ4v) is 4.67. The van der Waals surface area contributed by atoms with Crippen molar-refractivity contribution in [3.05, 3.63) is 71.0 Å². The molecule has 144 valence electrons. The average Bonchev–Trinajstić information content (AvgIpc) is 3.40. The summed E-state index contributed by atoms with van der Waals surface area (Å²) in [6.07, 6.45) is 0. The highest BCUT2D eigenvalue weighted by Crippen LogP contribution is 2.32. The van der Waals surface area contributed by atoms with Crippen molar-refractivity contribution in [2.45, 2.75) is 13.8 Å². The van der Waals surface area contributed by atoms with E-state index in [1.54, 1.807) is 11.9 Å². The van der Waals surface area contributed by atoms with Gasteiger partial charge in [0.1, 0.15) is 10.7 Å². The lowest BCUT2D eigenvalue weighted by molar-refractivity contribution is 0.0997. The Bertz CT molecular complexity index is 1360.